The van der Waals surface area contributed by atoms with E-state index in [0.29, 0.717) is 11.5 Å². The number of carbonyl (C=O) groups excluding carboxylic acids is 1. The zero-order valence-electron chi connectivity index (χ0n) is 13.7. The molecule has 134 valence electrons. The Morgan fingerprint density at radius 3 is 2.48 bits per heavy atom. The lowest BCUT2D eigenvalue weighted by molar-refractivity contribution is 0.101. The summed E-state index contributed by atoms with van der Waals surface area (Å²) in [6.07, 6.45) is 1.41. The maximum Gasteiger partial charge on any atom is 0.261 e. The molecule has 0 aliphatic heterocycles. The molecule has 0 unspecified atom stereocenters. The third-order valence-electron chi connectivity index (χ3n) is 3.83. The van der Waals surface area contributed by atoms with Crippen molar-refractivity contribution in [2.24, 2.45) is 0 Å². The Hall–Kier alpha value is -3.39. The van der Waals surface area contributed by atoms with E-state index in [1.54, 1.807) is 17.6 Å². The van der Waals surface area contributed by atoms with Gasteiger partial charge in [-0.1, -0.05) is 12.1 Å². The molecule has 4 aromatic rings. The fourth-order valence-corrected chi connectivity index (χ4v) is 3.33. The summed E-state index contributed by atoms with van der Waals surface area (Å²) in [5.41, 5.74) is 3.22. The van der Waals surface area contributed by atoms with Gasteiger partial charge in [0.2, 0.25) is 0 Å². The summed E-state index contributed by atoms with van der Waals surface area (Å²) in [4.78, 5) is 20.6. The number of carbonyl (C=O) groups is 1. The maximum absolute atomic E-state index is 13.7. The minimum absolute atomic E-state index is 0.323. The van der Waals surface area contributed by atoms with Crippen LogP contribution in [0, 0.1) is 11.6 Å². The zero-order valence-corrected chi connectivity index (χ0v) is 14.6. The van der Waals surface area contributed by atoms with Crippen LogP contribution in [0.1, 0.15) is 10.4 Å². The number of thiazole rings is 1. The van der Waals surface area contributed by atoms with E-state index >= 15 is 0 Å². The number of nitrogens with one attached hydrogen (secondary N) is 2. The highest BCUT2D eigenvalue weighted by molar-refractivity contribution is 7.17. The normalized spacial score (nSPS) is 10.7. The molecule has 0 atom stereocenters. The van der Waals surface area contributed by atoms with Crippen LogP contribution in [-0.4, -0.2) is 15.9 Å². The van der Waals surface area contributed by atoms with E-state index < -0.39 is 23.1 Å². The molecule has 0 fully saturated rings. The van der Waals surface area contributed by atoms with E-state index in [4.69, 9.17) is 0 Å². The van der Waals surface area contributed by atoms with Crippen LogP contribution in [0.3, 0.4) is 0 Å². The van der Waals surface area contributed by atoms with E-state index in [1.807, 2.05) is 18.2 Å². The Balaban J connectivity index is 1.51. The van der Waals surface area contributed by atoms with E-state index in [-0.39, 0.29) is 0 Å². The second-order valence-corrected chi connectivity index (χ2v) is 6.47. The molecule has 2 aromatic heterocycles. The molecule has 4 rings (SSSR count). The Labute approximate surface area is 156 Å². The number of aromatic nitrogens is 2. The standard InChI is InChI=1S/C19H12F2N4OS/c20-12-3-1-4-13(21)17(12)19(26)24-11-7-8-16(22-9-11)25-15-6-2-5-14-18(15)27-10-23-14/h1-10H,(H,22,25)(H,24,26). The van der Waals surface area contributed by atoms with Gasteiger partial charge in [-0.15, -0.1) is 11.3 Å². The third kappa shape index (κ3) is 3.47. The number of hydrogen-bond acceptors (Lipinski definition) is 5. The lowest BCUT2D eigenvalue weighted by Crippen LogP contribution is -2.16. The first-order chi connectivity index (χ1) is 13.1. The summed E-state index contributed by atoms with van der Waals surface area (Å²) in [6, 6.07) is 12.2. The molecule has 2 aromatic carbocycles. The van der Waals surface area contributed by atoms with Crippen LogP contribution in [0.15, 0.2) is 60.2 Å². The highest BCUT2D eigenvalue weighted by Gasteiger charge is 2.17. The molecule has 0 aliphatic carbocycles. The highest BCUT2D eigenvalue weighted by Crippen LogP contribution is 2.28. The van der Waals surface area contributed by atoms with Crippen molar-refractivity contribution in [1.82, 2.24) is 9.97 Å². The van der Waals surface area contributed by atoms with Crippen molar-refractivity contribution < 1.29 is 13.6 Å². The van der Waals surface area contributed by atoms with Crippen LogP contribution in [-0.2, 0) is 0 Å². The molecule has 27 heavy (non-hydrogen) atoms. The number of anilines is 3. The third-order valence-corrected chi connectivity index (χ3v) is 4.71. The van der Waals surface area contributed by atoms with Crippen LogP contribution in [0.2, 0.25) is 0 Å². The summed E-state index contributed by atoms with van der Waals surface area (Å²) in [5.74, 6) is -2.15. The smallest absolute Gasteiger partial charge is 0.261 e. The number of nitrogens with zero attached hydrogens (tertiary/aromatic N) is 2. The van der Waals surface area contributed by atoms with Gasteiger partial charge >= 0.3 is 0 Å². The van der Waals surface area contributed by atoms with Crippen molar-refractivity contribution in [3.05, 3.63) is 77.4 Å². The second kappa shape index (κ2) is 7.08. The quantitative estimate of drug-likeness (QED) is 0.523. The van der Waals surface area contributed by atoms with Gasteiger partial charge in [0.05, 0.1) is 33.3 Å². The maximum atomic E-state index is 13.7. The number of hydrogen-bond donors (Lipinski definition) is 2. The summed E-state index contributed by atoms with van der Waals surface area (Å²) < 4.78 is 28.4. The average molecular weight is 382 g/mol. The van der Waals surface area contributed by atoms with Crippen LogP contribution in [0.5, 0.6) is 0 Å². The number of rotatable bonds is 4. The van der Waals surface area contributed by atoms with Crippen molar-refractivity contribution in [1.29, 1.82) is 0 Å². The van der Waals surface area contributed by atoms with Gasteiger partial charge in [-0.25, -0.2) is 18.7 Å². The number of fused-ring (bicyclic) bond motifs is 1. The summed E-state index contributed by atoms with van der Waals surface area (Å²) in [7, 11) is 0. The SMILES string of the molecule is O=C(Nc1ccc(Nc2cccc3ncsc23)nc1)c1c(F)cccc1F. The van der Waals surface area contributed by atoms with E-state index in [0.717, 1.165) is 28.0 Å². The van der Waals surface area contributed by atoms with Gasteiger partial charge in [0.25, 0.3) is 5.91 Å². The van der Waals surface area contributed by atoms with Crippen LogP contribution >= 0.6 is 11.3 Å². The van der Waals surface area contributed by atoms with Crippen molar-refractivity contribution in [3.63, 3.8) is 0 Å². The first-order valence-corrected chi connectivity index (χ1v) is 8.80. The number of amides is 1. The zero-order chi connectivity index (χ0) is 18.8. The van der Waals surface area contributed by atoms with Crippen LogP contribution < -0.4 is 10.6 Å². The molecular weight excluding hydrogens is 370 g/mol. The number of pyridine rings is 1. The average Bonchev–Trinajstić information content (AvgIpc) is 3.13. The molecule has 0 saturated heterocycles. The van der Waals surface area contributed by atoms with Crippen LogP contribution in [0.25, 0.3) is 10.2 Å². The van der Waals surface area contributed by atoms with Crippen molar-refractivity contribution in [2.75, 3.05) is 10.6 Å². The van der Waals surface area contributed by atoms with Gasteiger partial charge in [-0.2, -0.15) is 0 Å². The number of benzene rings is 2. The summed E-state index contributed by atoms with van der Waals surface area (Å²) in [6.45, 7) is 0. The Kier molecular flexibility index (Phi) is 4.47. The first kappa shape index (κ1) is 17.0. The fraction of sp³-hybridized carbons (Fsp3) is 0. The van der Waals surface area contributed by atoms with E-state index in [9.17, 15) is 13.6 Å². The summed E-state index contributed by atoms with van der Waals surface area (Å²) in [5, 5.41) is 5.63. The van der Waals surface area contributed by atoms with Gasteiger partial charge in [0.1, 0.15) is 23.0 Å². The van der Waals surface area contributed by atoms with E-state index in [2.05, 4.69) is 20.6 Å². The molecule has 5 nitrogen and oxygen atoms in total. The van der Waals surface area contributed by atoms with Crippen molar-refractivity contribution in [2.45, 2.75) is 0 Å². The lowest BCUT2D eigenvalue weighted by Gasteiger charge is -2.09. The Bertz CT molecular complexity index is 1110. The molecule has 0 bridgehead atoms. The monoisotopic (exact) mass is 382 g/mol. The molecule has 2 N–H and O–H groups in total. The highest BCUT2D eigenvalue weighted by atomic mass is 32.1. The van der Waals surface area contributed by atoms with Gasteiger partial charge in [-0.3, -0.25) is 4.79 Å². The molecule has 0 radical (unpaired) electrons. The van der Waals surface area contributed by atoms with Crippen molar-refractivity contribution >= 4 is 44.7 Å². The van der Waals surface area contributed by atoms with Crippen molar-refractivity contribution in [3.8, 4) is 0 Å². The van der Waals surface area contributed by atoms with E-state index in [1.165, 1.54) is 23.6 Å². The minimum atomic E-state index is -0.920. The molecule has 8 heteroatoms. The summed E-state index contributed by atoms with van der Waals surface area (Å²) >= 11 is 1.52. The second-order valence-electron chi connectivity index (χ2n) is 5.61. The lowest BCUT2D eigenvalue weighted by atomic mass is 10.2. The fourth-order valence-electron chi connectivity index (χ4n) is 2.57. The topological polar surface area (TPSA) is 66.9 Å². The predicted molar refractivity (Wildman–Crippen MR) is 101 cm³/mol. The number of halogens is 2. The van der Waals surface area contributed by atoms with Gasteiger partial charge in [0, 0.05) is 0 Å². The van der Waals surface area contributed by atoms with Gasteiger partial charge in [0.15, 0.2) is 0 Å². The molecule has 1 amide bonds. The molecule has 0 aliphatic rings. The van der Waals surface area contributed by atoms with Gasteiger partial charge < -0.3 is 10.6 Å². The largest absolute Gasteiger partial charge is 0.339 e. The first-order valence-electron chi connectivity index (χ1n) is 7.92. The Morgan fingerprint density at radius 1 is 0.963 bits per heavy atom. The Morgan fingerprint density at radius 2 is 1.74 bits per heavy atom. The van der Waals surface area contributed by atoms with Crippen LogP contribution in [0.4, 0.5) is 26.0 Å². The molecule has 2 heterocycles. The predicted octanol–water partition coefficient (Wildman–Crippen LogP) is 4.97. The molecule has 0 saturated carbocycles. The van der Waals surface area contributed by atoms with Gasteiger partial charge in [-0.05, 0) is 36.4 Å². The molecule has 0 spiro atoms. The minimum Gasteiger partial charge on any atom is -0.339 e. The molecular formula is C19H12F2N4OS.